The lowest BCUT2D eigenvalue weighted by Gasteiger charge is -2.36. The largest absolute Gasteiger partial charge is 0.328 e. The van der Waals surface area contributed by atoms with Crippen LogP contribution in [0.25, 0.3) is 0 Å². The van der Waals surface area contributed by atoms with E-state index in [1.54, 1.807) is 11.5 Å². The number of nitrogens with zero attached hydrogens (tertiary/aromatic N) is 1. The monoisotopic (exact) mass is 224 g/mol. The van der Waals surface area contributed by atoms with Crippen molar-refractivity contribution in [2.24, 2.45) is 17.6 Å². The maximum Gasteiger partial charge on any atom is 0.0441 e. The molecule has 1 aromatic rings. The molecule has 0 spiro atoms. The van der Waals surface area contributed by atoms with Crippen molar-refractivity contribution in [3.8, 4) is 0 Å². The van der Waals surface area contributed by atoms with Gasteiger partial charge >= 0.3 is 0 Å². The topological polar surface area (TPSA) is 38.9 Å². The summed E-state index contributed by atoms with van der Waals surface area (Å²) < 4.78 is 4.22. The minimum Gasteiger partial charge on any atom is -0.328 e. The Morgan fingerprint density at radius 1 is 1.47 bits per heavy atom. The van der Waals surface area contributed by atoms with Crippen LogP contribution >= 0.6 is 11.5 Å². The van der Waals surface area contributed by atoms with Gasteiger partial charge in [-0.15, -0.1) is 0 Å². The van der Waals surface area contributed by atoms with Crippen molar-refractivity contribution >= 4 is 11.5 Å². The van der Waals surface area contributed by atoms with Crippen LogP contribution in [0, 0.1) is 11.8 Å². The van der Waals surface area contributed by atoms with E-state index in [1.807, 2.05) is 6.20 Å². The molecule has 3 atom stereocenters. The van der Waals surface area contributed by atoms with E-state index in [9.17, 15) is 0 Å². The van der Waals surface area contributed by atoms with Gasteiger partial charge in [-0.3, -0.25) is 0 Å². The number of hydrogen-bond acceptors (Lipinski definition) is 3. The van der Waals surface area contributed by atoms with E-state index in [2.05, 4.69) is 23.6 Å². The van der Waals surface area contributed by atoms with Crippen LogP contribution in [0.1, 0.15) is 44.6 Å². The van der Waals surface area contributed by atoms with Crippen LogP contribution in [0.15, 0.2) is 11.6 Å². The van der Waals surface area contributed by atoms with E-state index in [1.165, 1.54) is 18.4 Å². The van der Waals surface area contributed by atoms with Gasteiger partial charge in [-0.25, -0.2) is 4.37 Å². The van der Waals surface area contributed by atoms with Crippen LogP contribution in [0.2, 0.25) is 0 Å². The third-order valence-corrected chi connectivity index (χ3v) is 4.28. The second-order valence-corrected chi connectivity index (χ2v) is 5.70. The molecule has 0 amide bonds. The molecule has 2 rings (SSSR count). The highest BCUT2D eigenvalue weighted by Crippen LogP contribution is 2.41. The minimum absolute atomic E-state index is 0.393. The van der Waals surface area contributed by atoms with Gasteiger partial charge in [0.2, 0.25) is 0 Å². The Bertz CT molecular complexity index is 295. The Hall–Kier alpha value is -0.410. The predicted molar refractivity (Wildman–Crippen MR) is 65.0 cm³/mol. The van der Waals surface area contributed by atoms with Crippen molar-refractivity contribution in [3.05, 3.63) is 17.1 Å². The summed E-state index contributed by atoms with van der Waals surface area (Å²) in [5.41, 5.74) is 7.49. The summed E-state index contributed by atoms with van der Waals surface area (Å²) in [6.45, 7) is 4.66. The molecule has 84 valence electrons. The van der Waals surface area contributed by atoms with E-state index in [0.717, 1.165) is 18.3 Å². The molecule has 1 aliphatic rings. The smallest absolute Gasteiger partial charge is 0.0441 e. The third kappa shape index (κ3) is 2.40. The lowest BCUT2D eigenvalue weighted by Crippen LogP contribution is -2.34. The molecule has 0 bridgehead atoms. The Morgan fingerprint density at radius 3 is 2.87 bits per heavy atom. The molecule has 1 saturated carbocycles. The zero-order chi connectivity index (χ0) is 10.8. The fourth-order valence-electron chi connectivity index (χ4n) is 2.80. The molecule has 0 saturated heterocycles. The highest BCUT2D eigenvalue weighted by atomic mass is 32.1. The first-order chi connectivity index (χ1) is 7.18. The number of aromatic nitrogens is 1. The third-order valence-electron chi connectivity index (χ3n) is 3.68. The minimum atomic E-state index is 0.393. The fraction of sp³-hybridized carbons (Fsp3) is 0.750. The number of hydrogen-bond donors (Lipinski definition) is 1. The van der Waals surface area contributed by atoms with Gasteiger partial charge in [-0.1, -0.05) is 13.8 Å². The van der Waals surface area contributed by atoms with E-state index in [0.29, 0.717) is 12.0 Å². The van der Waals surface area contributed by atoms with E-state index in [-0.39, 0.29) is 0 Å². The zero-order valence-electron chi connectivity index (χ0n) is 9.52. The molecule has 0 radical (unpaired) electrons. The van der Waals surface area contributed by atoms with Crippen LogP contribution in [0.5, 0.6) is 0 Å². The van der Waals surface area contributed by atoms with Crippen molar-refractivity contribution < 1.29 is 0 Å². The van der Waals surface area contributed by atoms with Gasteiger partial charge in [-0.05, 0) is 54.1 Å². The van der Waals surface area contributed by atoms with Gasteiger partial charge in [0.15, 0.2) is 0 Å². The first-order valence-electron chi connectivity index (χ1n) is 5.83. The highest BCUT2D eigenvalue weighted by Gasteiger charge is 2.32. The van der Waals surface area contributed by atoms with Crippen molar-refractivity contribution in [1.82, 2.24) is 4.37 Å². The van der Waals surface area contributed by atoms with Crippen molar-refractivity contribution in [1.29, 1.82) is 0 Å². The van der Waals surface area contributed by atoms with Crippen LogP contribution in [0.3, 0.4) is 0 Å². The molecule has 1 fully saturated rings. The first kappa shape index (κ1) is 11.1. The van der Waals surface area contributed by atoms with Gasteiger partial charge in [0, 0.05) is 17.6 Å². The normalized spacial score (nSPS) is 32.1. The quantitative estimate of drug-likeness (QED) is 0.838. The molecule has 0 aromatic carbocycles. The molecule has 15 heavy (non-hydrogen) atoms. The molecule has 2 N–H and O–H groups in total. The standard InChI is InChI=1S/C12H20N2S/c1-8(2)11-4-3-10(13)5-12(11)9-6-14-15-7-9/h6-8,10-12H,3-5,13H2,1-2H3. The summed E-state index contributed by atoms with van der Waals surface area (Å²) in [5, 5.41) is 2.19. The van der Waals surface area contributed by atoms with Crippen LogP contribution in [-0.2, 0) is 0 Å². The Labute approximate surface area is 96.1 Å². The molecular formula is C12H20N2S. The summed E-state index contributed by atoms with van der Waals surface area (Å²) in [5.74, 6) is 2.19. The Kier molecular flexibility index (Phi) is 3.42. The maximum atomic E-state index is 6.08. The summed E-state index contributed by atoms with van der Waals surface area (Å²) in [4.78, 5) is 0. The number of nitrogens with two attached hydrogens (primary N) is 1. The van der Waals surface area contributed by atoms with Crippen molar-refractivity contribution in [3.63, 3.8) is 0 Å². The molecule has 3 unspecified atom stereocenters. The van der Waals surface area contributed by atoms with Crippen LogP contribution in [0.4, 0.5) is 0 Å². The van der Waals surface area contributed by atoms with E-state index in [4.69, 9.17) is 5.73 Å². The Balaban J connectivity index is 2.17. The summed E-state index contributed by atoms with van der Waals surface area (Å²) in [7, 11) is 0. The van der Waals surface area contributed by atoms with Gasteiger partial charge in [0.1, 0.15) is 0 Å². The molecule has 2 nitrogen and oxygen atoms in total. The molecule has 0 aliphatic heterocycles. The second-order valence-electron chi connectivity index (χ2n) is 5.05. The highest BCUT2D eigenvalue weighted by molar-refractivity contribution is 7.03. The zero-order valence-corrected chi connectivity index (χ0v) is 10.3. The van der Waals surface area contributed by atoms with Gasteiger partial charge in [-0.2, -0.15) is 0 Å². The lowest BCUT2D eigenvalue weighted by molar-refractivity contribution is 0.221. The van der Waals surface area contributed by atoms with Crippen molar-refractivity contribution in [2.45, 2.75) is 45.1 Å². The summed E-state index contributed by atoms with van der Waals surface area (Å²) >= 11 is 1.56. The molecular weight excluding hydrogens is 204 g/mol. The average molecular weight is 224 g/mol. The predicted octanol–water partition coefficient (Wildman–Crippen LogP) is 3.01. The summed E-state index contributed by atoms with van der Waals surface area (Å²) in [6, 6.07) is 0.393. The molecule has 1 aromatic heterocycles. The maximum absolute atomic E-state index is 6.08. The Morgan fingerprint density at radius 2 is 2.27 bits per heavy atom. The fourth-order valence-corrected chi connectivity index (χ4v) is 3.40. The molecule has 1 aliphatic carbocycles. The SMILES string of the molecule is CC(C)C1CCC(N)CC1c1cnsc1. The second kappa shape index (κ2) is 4.62. The van der Waals surface area contributed by atoms with Crippen molar-refractivity contribution in [2.75, 3.05) is 0 Å². The average Bonchev–Trinajstić information content (AvgIpc) is 2.69. The van der Waals surface area contributed by atoms with E-state index >= 15 is 0 Å². The van der Waals surface area contributed by atoms with Gasteiger partial charge in [0.25, 0.3) is 0 Å². The van der Waals surface area contributed by atoms with Gasteiger partial charge in [0.05, 0.1) is 0 Å². The lowest BCUT2D eigenvalue weighted by atomic mass is 9.70. The van der Waals surface area contributed by atoms with Gasteiger partial charge < -0.3 is 5.73 Å². The molecule has 3 heteroatoms. The number of rotatable bonds is 2. The van der Waals surface area contributed by atoms with Crippen LogP contribution in [-0.4, -0.2) is 10.4 Å². The first-order valence-corrected chi connectivity index (χ1v) is 6.67. The summed E-state index contributed by atoms with van der Waals surface area (Å²) in [6.07, 6.45) is 5.64. The van der Waals surface area contributed by atoms with E-state index < -0.39 is 0 Å². The molecule has 1 heterocycles. The van der Waals surface area contributed by atoms with Crippen LogP contribution < -0.4 is 5.73 Å².